The van der Waals surface area contributed by atoms with Crippen molar-refractivity contribution in [3.63, 3.8) is 0 Å². The van der Waals surface area contributed by atoms with Gasteiger partial charge in [-0.15, -0.1) is 0 Å². The van der Waals surface area contributed by atoms with Crippen molar-refractivity contribution in [2.75, 3.05) is 6.61 Å². The molecule has 0 spiro atoms. The van der Waals surface area contributed by atoms with E-state index in [-0.39, 0.29) is 17.4 Å². The van der Waals surface area contributed by atoms with Gasteiger partial charge in [0.2, 0.25) is 11.5 Å². The Labute approximate surface area is 179 Å². The van der Waals surface area contributed by atoms with Crippen LogP contribution in [-0.4, -0.2) is 41.7 Å². The molecule has 2 fully saturated rings. The maximum atomic E-state index is 13.5. The van der Waals surface area contributed by atoms with Crippen LogP contribution in [0, 0.1) is 16.7 Å². The van der Waals surface area contributed by atoms with Crippen LogP contribution in [0.25, 0.3) is 0 Å². The average Bonchev–Trinajstić information content (AvgIpc) is 3.14. The van der Waals surface area contributed by atoms with E-state index in [0.29, 0.717) is 25.3 Å². The summed E-state index contributed by atoms with van der Waals surface area (Å²) in [6, 6.07) is 0. The normalized spacial score (nSPS) is 33.8. The van der Waals surface area contributed by atoms with Crippen LogP contribution in [0.15, 0.2) is 28.8 Å². The Morgan fingerprint density at radius 2 is 1.87 bits per heavy atom. The molecule has 0 aromatic heterocycles. The van der Waals surface area contributed by atoms with Gasteiger partial charge in [-0.3, -0.25) is 4.79 Å². The molecule has 0 radical (unpaired) electrons. The van der Waals surface area contributed by atoms with Gasteiger partial charge in [0.1, 0.15) is 6.61 Å². The second kappa shape index (κ2) is 7.24. The Kier molecular flexibility index (Phi) is 5.45. The van der Waals surface area contributed by atoms with Gasteiger partial charge in [0.05, 0.1) is 11.0 Å². The minimum atomic E-state index is -1.27. The fraction of sp³-hybridized carbons (Fsp3) is 0.708. The molecule has 30 heavy (non-hydrogen) atoms. The number of ether oxygens (including phenoxy) is 3. The van der Waals surface area contributed by atoms with Gasteiger partial charge in [-0.05, 0) is 47.5 Å². The standard InChI is InChI=1S/C24H35NO5/c1-9-10-15(2)13-16(3)17(18-25-21(4,5)14-28-18)29-20(27)24-12-11-23(8,19(26)30-24)22(24,6)7/h9-10,13,16-17H,11-12,14H2,1-8H3/b10-9+,15-13+/t16-,17+,23-,24+/m0/s1. The lowest BCUT2D eigenvalue weighted by Crippen LogP contribution is -2.51. The third-order valence-corrected chi connectivity index (χ3v) is 7.31. The van der Waals surface area contributed by atoms with Crippen molar-refractivity contribution in [2.45, 2.75) is 85.5 Å². The minimum Gasteiger partial charge on any atom is -0.476 e. The van der Waals surface area contributed by atoms with Crippen molar-refractivity contribution in [1.29, 1.82) is 0 Å². The van der Waals surface area contributed by atoms with Gasteiger partial charge in [-0.1, -0.05) is 44.6 Å². The maximum Gasteiger partial charge on any atom is 0.352 e. The number of fused-ring (bicyclic) bond motifs is 2. The zero-order chi connectivity index (χ0) is 22.5. The summed E-state index contributed by atoms with van der Waals surface area (Å²) < 4.78 is 17.6. The SMILES string of the molecule is C/C=C/C(C)=C/[C@H](C)[C@@H](OC(=O)[C@@]12CC[C@@](C)(C(=O)O1)C2(C)C)C1=NC(C)(C)CO1. The van der Waals surface area contributed by atoms with Gasteiger partial charge >= 0.3 is 11.9 Å². The smallest absolute Gasteiger partial charge is 0.352 e. The number of hydrogen-bond donors (Lipinski definition) is 0. The van der Waals surface area contributed by atoms with Crippen molar-refractivity contribution in [1.82, 2.24) is 0 Å². The van der Waals surface area contributed by atoms with Crippen molar-refractivity contribution >= 4 is 17.8 Å². The summed E-state index contributed by atoms with van der Waals surface area (Å²) in [6.45, 7) is 16.1. The summed E-state index contributed by atoms with van der Waals surface area (Å²) in [5.41, 5.74) is -1.92. The van der Waals surface area contributed by atoms with Gasteiger partial charge in [-0.25, -0.2) is 9.79 Å². The molecule has 166 valence electrons. The second-order valence-electron chi connectivity index (χ2n) is 10.3. The molecule has 6 heteroatoms. The molecule has 1 saturated heterocycles. The minimum absolute atomic E-state index is 0.165. The summed E-state index contributed by atoms with van der Waals surface area (Å²) in [5, 5.41) is 0. The number of aliphatic imine (C=N–C) groups is 1. The highest BCUT2D eigenvalue weighted by molar-refractivity contribution is 5.95. The first-order valence-electron chi connectivity index (χ1n) is 10.8. The lowest BCUT2D eigenvalue weighted by molar-refractivity contribution is -0.186. The summed E-state index contributed by atoms with van der Waals surface area (Å²) in [5.74, 6) is -0.571. The van der Waals surface area contributed by atoms with Crippen LogP contribution in [0.2, 0.25) is 0 Å². The van der Waals surface area contributed by atoms with Crippen LogP contribution in [0.4, 0.5) is 0 Å². The van der Waals surface area contributed by atoms with Crippen molar-refractivity contribution < 1.29 is 23.8 Å². The average molecular weight is 418 g/mol. The van der Waals surface area contributed by atoms with E-state index >= 15 is 0 Å². The van der Waals surface area contributed by atoms with Gasteiger partial charge in [0, 0.05) is 11.3 Å². The monoisotopic (exact) mass is 417 g/mol. The lowest BCUT2D eigenvalue weighted by atomic mass is 9.66. The van der Waals surface area contributed by atoms with Crippen LogP contribution < -0.4 is 0 Å². The largest absolute Gasteiger partial charge is 0.476 e. The second-order valence-corrected chi connectivity index (χ2v) is 10.3. The van der Waals surface area contributed by atoms with E-state index < -0.39 is 28.5 Å². The highest BCUT2D eigenvalue weighted by Gasteiger charge is 2.76. The van der Waals surface area contributed by atoms with E-state index in [1.807, 2.05) is 73.6 Å². The maximum absolute atomic E-state index is 13.5. The molecule has 0 unspecified atom stereocenters. The molecule has 0 aromatic carbocycles. The number of hydrogen-bond acceptors (Lipinski definition) is 6. The molecule has 0 aromatic rings. The third kappa shape index (κ3) is 3.28. The van der Waals surface area contributed by atoms with Gasteiger partial charge in [0.25, 0.3) is 0 Å². The highest BCUT2D eigenvalue weighted by atomic mass is 16.6. The van der Waals surface area contributed by atoms with Crippen LogP contribution in [0.1, 0.15) is 68.2 Å². The number of carbonyl (C=O) groups is 2. The number of rotatable bonds is 6. The number of esters is 2. The quantitative estimate of drug-likeness (QED) is 0.473. The fourth-order valence-electron chi connectivity index (χ4n) is 4.88. The Bertz CT molecular complexity index is 837. The molecule has 0 N–H and O–H groups in total. The Balaban J connectivity index is 1.93. The first-order valence-corrected chi connectivity index (χ1v) is 10.8. The molecule has 6 nitrogen and oxygen atoms in total. The third-order valence-electron chi connectivity index (χ3n) is 7.31. The Morgan fingerprint density at radius 1 is 1.20 bits per heavy atom. The summed E-state index contributed by atoms with van der Waals surface area (Å²) >= 11 is 0. The molecule has 3 rings (SSSR count). The summed E-state index contributed by atoms with van der Waals surface area (Å²) in [4.78, 5) is 30.8. The molecule has 1 aliphatic carbocycles. The van der Waals surface area contributed by atoms with Crippen molar-refractivity contribution in [2.24, 2.45) is 21.7 Å². The number of nitrogens with zero attached hydrogens (tertiary/aromatic N) is 1. The zero-order valence-electron chi connectivity index (χ0n) is 19.5. The number of allylic oxidation sites excluding steroid dienone is 3. The van der Waals surface area contributed by atoms with E-state index in [4.69, 9.17) is 14.2 Å². The van der Waals surface area contributed by atoms with Crippen LogP contribution in [-0.2, 0) is 23.8 Å². The molecular weight excluding hydrogens is 382 g/mol. The van der Waals surface area contributed by atoms with E-state index in [1.54, 1.807) is 0 Å². The first-order chi connectivity index (χ1) is 13.8. The number of carbonyl (C=O) groups excluding carboxylic acids is 2. The Hall–Kier alpha value is -2.11. The van der Waals surface area contributed by atoms with Gasteiger partial charge < -0.3 is 14.2 Å². The molecule has 2 bridgehead atoms. The predicted octanol–water partition coefficient (Wildman–Crippen LogP) is 4.39. The van der Waals surface area contributed by atoms with Crippen molar-refractivity contribution in [3.05, 3.63) is 23.8 Å². The molecule has 1 saturated carbocycles. The molecule has 4 atom stereocenters. The van der Waals surface area contributed by atoms with E-state index in [2.05, 4.69) is 4.99 Å². The van der Waals surface area contributed by atoms with E-state index in [0.717, 1.165) is 5.57 Å². The van der Waals surface area contributed by atoms with Crippen LogP contribution in [0.5, 0.6) is 0 Å². The van der Waals surface area contributed by atoms with Crippen LogP contribution in [0.3, 0.4) is 0 Å². The highest BCUT2D eigenvalue weighted by Crippen LogP contribution is 2.65. The predicted molar refractivity (Wildman–Crippen MR) is 115 cm³/mol. The van der Waals surface area contributed by atoms with E-state index in [9.17, 15) is 9.59 Å². The van der Waals surface area contributed by atoms with Gasteiger partial charge in [-0.2, -0.15) is 0 Å². The van der Waals surface area contributed by atoms with Gasteiger partial charge in [0.15, 0.2) is 6.10 Å². The molecule has 0 amide bonds. The summed E-state index contributed by atoms with van der Waals surface area (Å²) in [7, 11) is 0. The molecule has 2 aliphatic heterocycles. The first kappa shape index (κ1) is 22.6. The van der Waals surface area contributed by atoms with Crippen LogP contribution >= 0.6 is 0 Å². The lowest BCUT2D eigenvalue weighted by Gasteiger charge is -2.36. The van der Waals surface area contributed by atoms with E-state index in [1.165, 1.54) is 0 Å². The molecule has 2 heterocycles. The van der Waals surface area contributed by atoms with Crippen molar-refractivity contribution in [3.8, 4) is 0 Å². The Morgan fingerprint density at radius 3 is 2.33 bits per heavy atom. The zero-order valence-corrected chi connectivity index (χ0v) is 19.5. The summed E-state index contributed by atoms with van der Waals surface area (Å²) in [6.07, 6.45) is 6.39. The molecule has 3 aliphatic rings. The fourth-order valence-corrected chi connectivity index (χ4v) is 4.88. The molecular formula is C24H35NO5. The topological polar surface area (TPSA) is 74.2 Å².